The van der Waals surface area contributed by atoms with E-state index >= 15 is 0 Å². The fourth-order valence-corrected chi connectivity index (χ4v) is 2.42. The molecular weight excluding hydrogens is 196 g/mol. The zero-order chi connectivity index (χ0) is 11.0. The van der Waals surface area contributed by atoms with Gasteiger partial charge in [-0.05, 0) is 24.1 Å². The van der Waals surface area contributed by atoms with Gasteiger partial charge in [-0.15, -0.1) is 0 Å². The Balaban J connectivity index is 2.22. The Morgan fingerprint density at radius 3 is 2.88 bits per heavy atom. The van der Waals surface area contributed by atoms with Gasteiger partial charge in [-0.2, -0.15) is 0 Å². The van der Waals surface area contributed by atoms with Crippen LogP contribution >= 0.6 is 0 Å². The molecule has 3 rings (SSSR count). The smallest absolute Gasteiger partial charge is 0.0528 e. The summed E-state index contributed by atoms with van der Waals surface area (Å²) in [4.78, 5) is 2.34. The molecule has 0 amide bonds. The molecule has 2 heterocycles. The maximum Gasteiger partial charge on any atom is 0.0528 e. The fourth-order valence-electron chi connectivity index (χ4n) is 2.42. The molecule has 0 bridgehead atoms. The normalized spacial score (nSPS) is 19.1. The number of nitrogens with zero attached hydrogens (tertiary/aromatic N) is 2. The number of hydrogen-bond donors (Lipinski definition) is 0. The van der Waals surface area contributed by atoms with Crippen molar-refractivity contribution in [2.45, 2.75) is 13.1 Å². The lowest BCUT2D eigenvalue weighted by molar-refractivity contribution is 0.365. The van der Waals surface area contributed by atoms with Crippen LogP contribution in [-0.2, 0) is 13.1 Å². The molecule has 0 spiro atoms. The number of aromatic nitrogens is 1. The Labute approximate surface area is 95.8 Å². The highest BCUT2D eigenvalue weighted by Gasteiger charge is 2.08. The molecule has 2 aromatic rings. The van der Waals surface area contributed by atoms with Gasteiger partial charge in [0.05, 0.1) is 5.52 Å². The Bertz CT molecular complexity index is 537. The molecule has 0 unspecified atom stereocenters. The molecule has 1 aliphatic heterocycles. The Kier molecular flexibility index (Phi) is 2.29. The molecular formula is C14H16N2. The van der Waals surface area contributed by atoms with Gasteiger partial charge in [-0.3, -0.25) is 4.90 Å². The number of likely N-dealkylation sites (N-methyl/N-ethyl adjacent to an activating group) is 1. The van der Waals surface area contributed by atoms with E-state index in [4.69, 9.17) is 0 Å². The van der Waals surface area contributed by atoms with Crippen molar-refractivity contribution in [2.75, 3.05) is 13.6 Å². The van der Waals surface area contributed by atoms with Crippen molar-refractivity contribution < 1.29 is 0 Å². The molecule has 0 saturated heterocycles. The molecule has 1 aromatic carbocycles. The van der Waals surface area contributed by atoms with Crippen LogP contribution in [0.15, 0.2) is 42.6 Å². The third-order valence-corrected chi connectivity index (χ3v) is 3.20. The van der Waals surface area contributed by atoms with Gasteiger partial charge in [0.2, 0.25) is 0 Å². The van der Waals surface area contributed by atoms with Gasteiger partial charge in [0, 0.05) is 25.8 Å². The van der Waals surface area contributed by atoms with Gasteiger partial charge in [-0.1, -0.05) is 30.4 Å². The number of hydrogen-bond acceptors (Lipinski definition) is 1. The largest absolute Gasteiger partial charge is 0.343 e. The third-order valence-electron chi connectivity index (χ3n) is 3.20. The van der Waals surface area contributed by atoms with Crippen molar-refractivity contribution in [1.29, 1.82) is 0 Å². The minimum absolute atomic E-state index is 0.981. The summed E-state index contributed by atoms with van der Waals surface area (Å²) in [6.45, 7) is 3.03. The lowest BCUT2D eigenvalue weighted by Crippen LogP contribution is -2.17. The van der Waals surface area contributed by atoms with Crippen LogP contribution in [0, 0.1) is 0 Å². The van der Waals surface area contributed by atoms with E-state index < -0.39 is 0 Å². The Morgan fingerprint density at radius 2 is 1.94 bits per heavy atom. The van der Waals surface area contributed by atoms with Crippen molar-refractivity contribution in [1.82, 2.24) is 9.47 Å². The van der Waals surface area contributed by atoms with Crippen molar-refractivity contribution in [3.8, 4) is 0 Å². The van der Waals surface area contributed by atoms with E-state index in [2.05, 4.69) is 59.1 Å². The molecule has 0 saturated carbocycles. The third kappa shape index (κ3) is 1.55. The maximum absolute atomic E-state index is 2.34. The van der Waals surface area contributed by atoms with Gasteiger partial charge in [0.15, 0.2) is 0 Å². The summed E-state index contributed by atoms with van der Waals surface area (Å²) in [6.07, 6.45) is 6.68. The standard InChI is InChI=1S/C14H16N2/c1-15-8-2-3-9-16-10-7-12-5-4-6-13(11-15)14(12)16/h2-7,10H,8-9,11H2,1H3/b3-2-. The van der Waals surface area contributed by atoms with E-state index in [0.717, 1.165) is 19.6 Å². The Morgan fingerprint density at radius 1 is 1.06 bits per heavy atom. The van der Waals surface area contributed by atoms with E-state index in [-0.39, 0.29) is 0 Å². The first-order valence-electron chi connectivity index (χ1n) is 5.75. The Hall–Kier alpha value is -1.54. The van der Waals surface area contributed by atoms with Gasteiger partial charge in [0.25, 0.3) is 0 Å². The molecule has 1 aromatic heterocycles. The predicted octanol–water partition coefficient (Wildman–Crippen LogP) is 2.64. The summed E-state index contributed by atoms with van der Waals surface area (Å²) in [5, 5.41) is 1.35. The maximum atomic E-state index is 2.34. The van der Waals surface area contributed by atoms with E-state index in [1.807, 2.05) is 0 Å². The van der Waals surface area contributed by atoms with E-state index in [9.17, 15) is 0 Å². The highest BCUT2D eigenvalue weighted by Crippen LogP contribution is 2.22. The summed E-state index contributed by atoms with van der Waals surface area (Å²) in [5.41, 5.74) is 2.81. The average molecular weight is 212 g/mol. The van der Waals surface area contributed by atoms with Crippen LogP contribution in [0.1, 0.15) is 5.56 Å². The highest BCUT2D eigenvalue weighted by molar-refractivity contribution is 5.83. The van der Waals surface area contributed by atoms with Gasteiger partial charge in [-0.25, -0.2) is 0 Å². The molecule has 0 atom stereocenters. The van der Waals surface area contributed by atoms with E-state index in [1.165, 1.54) is 16.5 Å². The van der Waals surface area contributed by atoms with Gasteiger partial charge >= 0.3 is 0 Å². The van der Waals surface area contributed by atoms with Crippen LogP contribution in [0.5, 0.6) is 0 Å². The monoisotopic (exact) mass is 212 g/mol. The van der Waals surface area contributed by atoms with Gasteiger partial charge < -0.3 is 4.57 Å². The van der Waals surface area contributed by atoms with E-state index in [1.54, 1.807) is 0 Å². The number of rotatable bonds is 0. The molecule has 2 heteroatoms. The molecule has 0 fully saturated rings. The summed E-state index contributed by atoms with van der Waals surface area (Å²) in [6, 6.07) is 8.78. The molecule has 1 aliphatic rings. The number of benzene rings is 1. The molecule has 2 nitrogen and oxygen atoms in total. The van der Waals surface area contributed by atoms with Gasteiger partial charge in [0.1, 0.15) is 0 Å². The lowest BCUT2D eigenvalue weighted by atomic mass is 10.1. The van der Waals surface area contributed by atoms with E-state index in [0.29, 0.717) is 0 Å². The van der Waals surface area contributed by atoms with Crippen molar-refractivity contribution in [3.05, 3.63) is 48.2 Å². The minimum atomic E-state index is 0.981. The second-order valence-corrected chi connectivity index (χ2v) is 4.49. The summed E-state index contributed by atoms with van der Waals surface area (Å²) < 4.78 is 2.33. The quantitative estimate of drug-likeness (QED) is 0.609. The summed E-state index contributed by atoms with van der Waals surface area (Å²) in [7, 11) is 2.17. The van der Waals surface area contributed by atoms with Crippen molar-refractivity contribution in [3.63, 3.8) is 0 Å². The highest BCUT2D eigenvalue weighted by atomic mass is 15.1. The molecule has 0 N–H and O–H groups in total. The second kappa shape index (κ2) is 3.80. The predicted molar refractivity (Wildman–Crippen MR) is 67.4 cm³/mol. The molecule has 0 aliphatic carbocycles. The minimum Gasteiger partial charge on any atom is -0.343 e. The first kappa shape index (κ1) is 9.67. The zero-order valence-electron chi connectivity index (χ0n) is 9.56. The SMILES string of the molecule is CN1C/C=C\Cn2ccc3cccc(c32)C1. The summed E-state index contributed by atoms with van der Waals surface area (Å²) >= 11 is 0. The topological polar surface area (TPSA) is 8.17 Å². The molecule has 82 valence electrons. The lowest BCUT2D eigenvalue weighted by Gasteiger charge is -2.14. The molecule has 16 heavy (non-hydrogen) atoms. The van der Waals surface area contributed by atoms with Crippen LogP contribution in [0.3, 0.4) is 0 Å². The van der Waals surface area contributed by atoms with Crippen LogP contribution in [0.25, 0.3) is 10.9 Å². The first-order chi connectivity index (χ1) is 7.84. The van der Waals surface area contributed by atoms with Crippen LogP contribution in [0.2, 0.25) is 0 Å². The van der Waals surface area contributed by atoms with Crippen LogP contribution in [-0.4, -0.2) is 23.1 Å². The number of allylic oxidation sites excluding steroid dienone is 1. The molecule has 0 radical (unpaired) electrons. The average Bonchev–Trinajstić information content (AvgIpc) is 2.70. The van der Waals surface area contributed by atoms with Crippen LogP contribution < -0.4 is 0 Å². The zero-order valence-corrected chi connectivity index (χ0v) is 9.56. The van der Waals surface area contributed by atoms with Crippen molar-refractivity contribution in [2.24, 2.45) is 0 Å². The summed E-state index contributed by atoms with van der Waals surface area (Å²) in [5.74, 6) is 0. The second-order valence-electron chi connectivity index (χ2n) is 4.49. The van der Waals surface area contributed by atoms with Crippen LogP contribution in [0.4, 0.5) is 0 Å². The van der Waals surface area contributed by atoms with Crippen molar-refractivity contribution >= 4 is 10.9 Å². The fraction of sp³-hybridized carbons (Fsp3) is 0.286. The number of para-hydroxylation sites is 1. The first-order valence-corrected chi connectivity index (χ1v) is 5.75.